The largest absolute Gasteiger partial charge is 0.493 e. The fraction of sp³-hybridized carbons (Fsp3) is 0.0435. The molecular weight excluding hydrogens is 474 g/mol. The third kappa shape index (κ3) is 2.85. The van der Waals surface area contributed by atoms with Gasteiger partial charge in [-0.05, 0) is 55.0 Å². The van der Waals surface area contributed by atoms with Crippen molar-refractivity contribution in [2.45, 2.75) is 6.92 Å². The van der Waals surface area contributed by atoms with E-state index in [2.05, 4.69) is 32.1 Å². The average molecular weight is 488 g/mol. The number of hydrogen-bond acceptors (Lipinski definition) is 5. The Bertz CT molecular complexity index is 1760. The molecule has 0 saturated carbocycles. The van der Waals surface area contributed by atoms with Crippen LogP contribution in [0, 0.1) is 18.3 Å². The Morgan fingerprint density at radius 2 is 1.88 bits per heavy atom. The van der Waals surface area contributed by atoms with Crippen molar-refractivity contribution in [3.8, 4) is 17.6 Å². The molecule has 0 amide bonds. The van der Waals surface area contributed by atoms with E-state index in [9.17, 15) is 20.0 Å². The lowest BCUT2D eigenvalue weighted by Crippen LogP contribution is -2.34. The smallest absolute Gasteiger partial charge is 0.275 e. The number of nitrogens with zero attached hydrogens (tertiary/aromatic N) is 4. The van der Waals surface area contributed by atoms with Crippen LogP contribution in [-0.4, -0.2) is 24.3 Å². The Kier molecular flexibility index (Phi) is 4.46. The first-order chi connectivity index (χ1) is 15.4. The molecule has 156 valence electrons. The van der Waals surface area contributed by atoms with E-state index in [4.69, 9.17) is 0 Å². The molecule has 2 N–H and O–H groups in total. The van der Waals surface area contributed by atoms with E-state index in [0.717, 1.165) is 4.47 Å². The lowest BCUT2D eigenvalue weighted by Gasteiger charge is -2.04. The van der Waals surface area contributed by atoms with Crippen LogP contribution in [0.1, 0.15) is 16.7 Å². The standard InChI is InChI=1S/C23H14BrN5O3/c1-12-15(10-16-21(30)27-29(23(16)32)14-8-6-13(24)7-9-14)22(31)28-19-5-3-2-4-18(19)26-20(28)17(12)11-25/h2-10,32H,1H3,(H,27,30)/b15-10+. The number of hydrogen-bond donors (Lipinski definition) is 2. The van der Waals surface area contributed by atoms with Crippen molar-refractivity contribution in [3.63, 3.8) is 0 Å². The van der Waals surface area contributed by atoms with Gasteiger partial charge in [-0.1, -0.05) is 28.1 Å². The van der Waals surface area contributed by atoms with Gasteiger partial charge < -0.3 is 5.11 Å². The molecule has 0 aliphatic rings. The van der Waals surface area contributed by atoms with E-state index in [0.29, 0.717) is 22.3 Å². The Morgan fingerprint density at radius 1 is 1.16 bits per heavy atom. The number of pyridine rings is 1. The molecule has 0 bridgehead atoms. The second kappa shape index (κ2) is 7.21. The van der Waals surface area contributed by atoms with Gasteiger partial charge in [0.2, 0.25) is 5.88 Å². The number of imidazole rings is 1. The molecule has 0 unspecified atom stereocenters. The summed E-state index contributed by atoms with van der Waals surface area (Å²) in [5.41, 5.74) is 1.48. The van der Waals surface area contributed by atoms with E-state index >= 15 is 0 Å². The molecule has 0 aliphatic carbocycles. The van der Waals surface area contributed by atoms with Gasteiger partial charge in [0.15, 0.2) is 5.65 Å². The zero-order chi connectivity index (χ0) is 22.6. The SMILES string of the molecule is Cc1c(C#N)c2nc3ccccc3n2c(=O)/c1=C/c1c(O)n(-c2ccc(Br)cc2)[nH]c1=O. The molecule has 0 spiro atoms. The third-order valence-electron chi connectivity index (χ3n) is 5.39. The van der Waals surface area contributed by atoms with Crippen molar-refractivity contribution in [1.29, 1.82) is 5.26 Å². The van der Waals surface area contributed by atoms with Gasteiger partial charge in [0.25, 0.3) is 11.1 Å². The minimum absolute atomic E-state index is 0.0826. The number of benzene rings is 2. The van der Waals surface area contributed by atoms with Crippen molar-refractivity contribution in [2.24, 2.45) is 0 Å². The van der Waals surface area contributed by atoms with Crippen molar-refractivity contribution in [1.82, 2.24) is 19.2 Å². The van der Waals surface area contributed by atoms with Gasteiger partial charge in [0.05, 0.1) is 22.3 Å². The van der Waals surface area contributed by atoms with Gasteiger partial charge in [-0.3, -0.25) is 19.1 Å². The molecule has 3 heterocycles. The Hall–Kier alpha value is -4.16. The van der Waals surface area contributed by atoms with E-state index < -0.39 is 11.1 Å². The highest BCUT2D eigenvalue weighted by Crippen LogP contribution is 2.21. The first-order valence-corrected chi connectivity index (χ1v) is 10.4. The van der Waals surface area contributed by atoms with Gasteiger partial charge in [0, 0.05) is 9.69 Å². The van der Waals surface area contributed by atoms with Gasteiger partial charge in [0.1, 0.15) is 11.6 Å². The molecule has 0 radical (unpaired) electrons. The number of aromatic nitrogens is 4. The van der Waals surface area contributed by atoms with Crippen LogP contribution in [0.4, 0.5) is 0 Å². The maximum atomic E-state index is 13.4. The summed E-state index contributed by atoms with van der Waals surface area (Å²) in [5.74, 6) is -0.342. The van der Waals surface area contributed by atoms with Crippen LogP contribution < -0.4 is 16.3 Å². The Labute approximate surface area is 188 Å². The summed E-state index contributed by atoms with van der Waals surface area (Å²) in [5, 5.41) is 23.2. The number of nitrogens with one attached hydrogen (secondary N) is 1. The Balaban J connectivity index is 1.85. The monoisotopic (exact) mass is 487 g/mol. The number of para-hydroxylation sites is 2. The summed E-state index contributed by atoms with van der Waals surface area (Å²) < 4.78 is 3.44. The normalized spacial score (nSPS) is 12.0. The van der Waals surface area contributed by atoms with Gasteiger partial charge in [-0.15, -0.1) is 0 Å². The average Bonchev–Trinajstić information content (AvgIpc) is 3.30. The van der Waals surface area contributed by atoms with Gasteiger partial charge >= 0.3 is 0 Å². The zero-order valence-electron chi connectivity index (χ0n) is 16.6. The van der Waals surface area contributed by atoms with Gasteiger partial charge in [-0.2, -0.15) is 5.26 Å². The maximum Gasteiger partial charge on any atom is 0.275 e. The summed E-state index contributed by atoms with van der Waals surface area (Å²) in [7, 11) is 0. The zero-order valence-corrected chi connectivity index (χ0v) is 18.2. The van der Waals surface area contributed by atoms with E-state index in [1.807, 2.05) is 0 Å². The fourth-order valence-corrected chi connectivity index (χ4v) is 4.04. The number of fused-ring (bicyclic) bond motifs is 3. The van der Waals surface area contributed by atoms with Gasteiger partial charge in [-0.25, -0.2) is 9.67 Å². The first kappa shape index (κ1) is 19.8. The summed E-state index contributed by atoms with van der Waals surface area (Å²) in [6, 6.07) is 16.2. The summed E-state index contributed by atoms with van der Waals surface area (Å²) in [6.45, 7) is 1.63. The molecule has 32 heavy (non-hydrogen) atoms. The van der Waals surface area contributed by atoms with Crippen molar-refractivity contribution in [3.05, 3.63) is 95.6 Å². The summed E-state index contributed by atoms with van der Waals surface area (Å²) >= 11 is 3.35. The molecule has 9 heteroatoms. The number of aromatic hydroxyl groups is 1. The van der Waals surface area contributed by atoms with E-state index in [1.165, 1.54) is 15.2 Å². The molecule has 3 aromatic heterocycles. The lowest BCUT2D eigenvalue weighted by molar-refractivity contribution is 0.432. The first-order valence-electron chi connectivity index (χ1n) is 9.56. The molecule has 5 rings (SSSR count). The molecule has 8 nitrogen and oxygen atoms in total. The minimum atomic E-state index is -0.571. The lowest BCUT2D eigenvalue weighted by atomic mass is 10.1. The molecule has 5 aromatic rings. The number of rotatable bonds is 2. The van der Waals surface area contributed by atoms with Crippen LogP contribution in [0.5, 0.6) is 5.88 Å². The molecule has 0 atom stereocenters. The van der Waals surface area contributed by atoms with E-state index in [-0.39, 0.29) is 27.9 Å². The molecule has 0 fully saturated rings. The van der Waals surface area contributed by atoms with Crippen LogP contribution in [0.2, 0.25) is 0 Å². The number of nitriles is 1. The summed E-state index contributed by atoms with van der Waals surface area (Å²) in [4.78, 5) is 30.5. The fourth-order valence-electron chi connectivity index (χ4n) is 3.77. The highest BCUT2D eigenvalue weighted by Gasteiger charge is 2.18. The van der Waals surface area contributed by atoms with Crippen LogP contribution in [0.25, 0.3) is 28.4 Å². The molecule has 2 aromatic carbocycles. The predicted octanol–water partition coefficient (Wildman–Crippen LogP) is 2.52. The summed E-state index contributed by atoms with van der Waals surface area (Å²) in [6.07, 6.45) is 1.32. The van der Waals surface area contributed by atoms with Crippen molar-refractivity contribution in [2.75, 3.05) is 0 Å². The minimum Gasteiger partial charge on any atom is -0.493 e. The molecular formula is C23H14BrN5O3. The predicted molar refractivity (Wildman–Crippen MR) is 123 cm³/mol. The topological polar surface area (TPSA) is 116 Å². The van der Waals surface area contributed by atoms with Crippen LogP contribution in [0.3, 0.4) is 0 Å². The van der Waals surface area contributed by atoms with Crippen LogP contribution in [0.15, 0.2) is 62.6 Å². The van der Waals surface area contributed by atoms with Crippen LogP contribution in [-0.2, 0) is 0 Å². The number of halogens is 1. The Morgan fingerprint density at radius 3 is 2.59 bits per heavy atom. The number of aromatic amines is 1. The van der Waals surface area contributed by atoms with Crippen molar-refractivity contribution < 1.29 is 5.11 Å². The number of H-pyrrole nitrogens is 1. The van der Waals surface area contributed by atoms with Crippen LogP contribution >= 0.6 is 15.9 Å². The third-order valence-corrected chi connectivity index (χ3v) is 5.92. The quantitative estimate of drug-likeness (QED) is 0.396. The second-order valence-corrected chi connectivity index (χ2v) is 8.14. The maximum absolute atomic E-state index is 13.4. The van der Waals surface area contributed by atoms with E-state index in [1.54, 1.807) is 55.5 Å². The molecule has 0 aliphatic heterocycles. The highest BCUT2D eigenvalue weighted by molar-refractivity contribution is 9.10. The highest BCUT2D eigenvalue weighted by atomic mass is 79.9. The van der Waals surface area contributed by atoms with Crippen molar-refractivity contribution >= 4 is 38.7 Å². The second-order valence-electron chi connectivity index (χ2n) is 7.22. The molecule has 0 saturated heterocycles.